The van der Waals surface area contributed by atoms with Gasteiger partial charge >= 0.3 is 0 Å². The Balaban J connectivity index is 3.30. The molecule has 1 aromatic rings. The third-order valence-electron chi connectivity index (χ3n) is 3.39. The monoisotopic (exact) mass is 221 g/mol. The molecule has 1 aromatic carbocycles. The molecule has 2 nitrogen and oxygen atoms in total. The van der Waals surface area contributed by atoms with E-state index in [-0.39, 0.29) is 12.1 Å². The smallest absolute Gasteiger partial charge is 0.0451 e. The number of hydrogen-bond acceptors (Lipinski definition) is 2. The minimum Gasteiger partial charge on any atom is -0.396 e. The van der Waals surface area contributed by atoms with Crippen LogP contribution in [0.4, 0.5) is 0 Å². The van der Waals surface area contributed by atoms with Gasteiger partial charge in [-0.2, -0.15) is 0 Å². The van der Waals surface area contributed by atoms with Gasteiger partial charge in [-0.15, -0.1) is 0 Å². The Morgan fingerprint density at radius 2 is 1.69 bits per heavy atom. The van der Waals surface area contributed by atoms with E-state index in [1.165, 1.54) is 22.3 Å². The van der Waals surface area contributed by atoms with E-state index in [9.17, 15) is 5.11 Å². The third kappa shape index (κ3) is 2.45. The summed E-state index contributed by atoms with van der Waals surface area (Å²) in [4.78, 5) is 0. The van der Waals surface area contributed by atoms with Gasteiger partial charge in [-0.25, -0.2) is 0 Å². The van der Waals surface area contributed by atoms with Gasteiger partial charge in [-0.3, -0.25) is 0 Å². The molecular formula is C14H23NO. The second kappa shape index (κ2) is 4.98. The maximum Gasteiger partial charge on any atom is 0.0451 e. The Labute approximate surface area is 98.7 Å². The maximum atomic E-state index is 9.19. The predicted octanol–water partition coefficient (Wildman–Crippen LogP) is 2.43. The number of nitrogens with one attached hydrogen (secondary N) is 1. The molecule has 2 N–H and O–H groups in total. The Hall–Kier alpha value is -0.860. The molecule has 0 bridgehead atoms. The van der Waals surface area contributed by atoms with Crippen molar-refractivity contribution in [2.45, 2.75) is 39.7 Å². The molecule has 0 spiro atoms. The fourth-order valence-electron chi connectivity index (χ4n) is 2.65. The molecule has 16 heavy (non-hydrogen) atoms. The highest BCUT2D eigenvalue weighted by Gasteiger charge is 2.27. The largest absolute Gasteiger partial charge is 0.396 e. The lowest BCUT2D eigenvalue weighted by atomic mass is 9.82. The van der Waals surface area contributed by atoms with E-state index in [1.54, 1.807) is 0 Å². The van der Waals surface area contributed by atoms with Crippen molar-refractivity contribution in [1.29, 1.82) is 0 Å². The summed E-state index contributed by atoms with van der Waals surface area (Å²) in [5.41, 5.74) is 5.05. The molecule has 90 valence electrons. The third-order valence-corrected chi connectivity index (χ3v) is 3.39. The Morgan fingerprint density at radius 3 is 2.06 bits per heavy atom. The highest BCUT2D eigenvalue weighted by molar-refractivity contribution is 5.42. The quantitative estimate of drug-likeness (QED) is 0.818. The van der Waals surface area contributed by atoms with Crippen molar-refractivity contribution >= 4 is 0 Å². The zero-order valence-corrected chi connectivity index (χ0v) is 11.0. The molecule has 0 saturated heterocycles. The maximum absolute atomic E-state index is 9.19. The zero-order valence-electron chi connectivity index (χ0n) is 11.0. The lowest BCUT2D eigenvalue weighted by Gasteiger charge is -2.32. The molecule has 0 aromatic heterocycles. The Morgan fingerprint density at radius 1 is 1.19 bits per heavy atom. The van der Waals surface area contributed by atoms with Crippen molar-refractivity contribution in [3.05, 3.63) is 34.4 Å². The van der Waals surface area contributed by atoms with Gasteiger partial charge in [0.15, 0.2) is 0 Å². The van der Waals surface area contributed by atoms with Gasteiger partial charge in [-0.1, -0.05) is 17.7 Å². The van der Waals surface area contributed by atoms with Crippen molar-refractivity contribution in [2.24, 2.45) is 0 Å². The van der Waals surface area contributed by atoms with Crippen LogP contribution in [0.5, 0.6) is 0 Å². The number of hydrogen-bond donors (Lipinski definition) is 2. The van der Waals surface area contributed by atoms with Crippen molar-refractivity contribution in [3.8, 4) is 0 Å². The molecular weight excluding hydrogens is 198 g/mol. The second-order valence-electron chi connectivity index (χ2n) is 4.83. The summed E-state index contributed by atoms with van der Waals surface area (Å²) in [6.45, 7) is 8.75. The van der Waals surface area contributed by atoms with Crippen LogP contribution in [-0.2, 0) is 5.54 Å². The average molecular weight is 221 g/mol. The van der Waals surface area contributed by atoms with E-state index in [0.717, 1.165) is 6.42 Å². The molecule has 1 rings (SSSR count). The summed E-state index contributed by atoms with van der Waals surface area (Å²) >= 11 is 0. The highest BCUT2D eigenvalue weighted by Crippen LogP contribution is 2.30. The van der Waals surface area contributed by atoms with Crippen molar-refractivity contribution in [1.82, 2.24) is 5.32 Å². The fourth-order valence-corrected chi connectivity index (χ4v) is 2.65. The summed E-state index contributed by atoms with van der Waals surface area (Å²) in [7, 11) is 1.95. The molecule has 0 radical (unpaired) electrons. The molecule has 0 aliphatic carbocycles. The lowest BCUT2D eigenvalue weighted by Crippen LogP contribution is -2.39. The summed E-state index contributed by atoms with van der Waals surface area (Å²) in [6, 6.07) is 4.41. The van der Waals surface area contributed by atoms with Crippen LogP contribution in [0.2, 0.25) is 0 Å². The first kappa shape index (κ1) is 13.2. The number of rotatable bonds is 4. The Kier molecular flexibility index (Phi) is 4.11. The standard InChI is InChI=1S/C14H23NO/c1-10-8-11(2)13(12(3)9-10)14(4,15-5)6-7-16/h8-9,15-16H,6-7H2,1-5H3. The van der Waals surface area contributed by atoms with Gasteiger partial charge in [0, 0.05) is 12.1 Å². The first-order valence-electron chi connectivity index (χ1n) is 5.82. The number of aliphatic hydroxyl groups excluding tert-OH is 1. The minimum absolute atomic E-state index is 0.142. The van der Waals surface area contributed by atoms with Gasteiger partial charge in [0.1, 0.15) is 0 Å². The van der Waals surface area contributed by atoms with E-state index in [2.05, 4.69) is 45.1 Å². The van der Waals surface area contributed by atoms with Crippen LogP contribution >= 0.6 is 0 Å². The van der Waals surface area contributed by atoms with Crippen LogP contribution in [0.25, 0.3) is 0 Å². The lowest BCUT2D eigenvalue weighted by molar-refractivity contribution is 0.227. The Bertz CT molecular complexity index is 350. The van der Waals surface area contributed by atoms with Crippen LogP contribution in [0.3, 0.4) is 0 Å². The van der Waals surface area contributed by atoms with Crippen LogP contribution in [0, 0.1) is 20.8 Å². The van der Waals surface area contributed by atoms with Gasteiger partial charge in [0.25, 0.3) is 0 Å². The summed E-state index contributed by atoms with van der Waals surface area (Å²) in [5.74, 6) is 0. The molecule has 0 aliphatic heterocycles. The zero-order chi connectivity index (χ0) is 12.3. The fraction of sp³-hybridized carbons (Fsp3) is 0.571. The van der Waals surface area contributed by atoms with Gasteiger partial charge < -0.3 is 10.4 Å². The first-order valence-corrected chi connectivity index (χ1v) is 5.82. The molecule has 0 aliphatic rings. The topological polar surface area (TPSA) is 32.3 Å². The van der Waals surface area contributed by atoms with Crippen LogP contribution < -0.4 is 5.32 Å². The van der Waals surface area contributed by atoms with E-state index in [1.807, 2.05) is 7.05 Å². The normalized spacial score (nSPS) is 14.9. The van der Waals surface area contributed by atoms with Crippen LogP contribution in [-0.4, -0.2) is 18.8 Å². The number of aliphatic hydroxyl groups is 1. The van der Waals surface area contributed by atoms with Crippen LogP contribution in [0.1, 0.15) is 35.6 Å². The van der Waals surface area contributed by atoms with Crippen molar-refractivity contribution < 1.29 is 5.11 Å². The van der Waals surface area contributed by atoms with Gasteiger partial charge in [0.05, 0.1) is 0 Å². The first-order chi connectivity index (χ1) is 7.44. The minimum atomic E-state index is -0.142. The number of aryl methyl sites for hydroxylation is 3. The van der Waals surface area contributed by atoms with E-state index < -0.39 is 0 Å². The van der Waals surface area contributed by atoms with Gasteiger partial charge in [0.2, 0.25) is 0 Å². The van der Waals surface area contributed by atoms with E-state index in [4.69, 9.17) is 0 Å². The van der Waals surface area contributed by atoms with E-state index >= 15 is 0 Å². The summed E-state index contributed by atoms with van der Waals surface area (Å²) in [6.07, 6.45) is 0.730. The molecule has 1 unspecified atom stereocenters. The van der Waals surface area contributed by atoms with E-state index in [0.29, 0.717) is 0 Å². The molecule has 0 heterocycles. The van der Waals surface area contributed by atoms with Crippen molar-refractivity contribution in [3.63, 3.8) is 0 Å². The summed E-state index contributed by atoms with van der Waals surface area (Å²) in [5, 5.41) is 12.5. The van der Waals surface area contributed by atoms with Crippen molar-refractivity contribution in [2.75, 3.05) is 13.7 Å². The SMILES string of the molecule is CNC(C)(CCO)c1c(C)cc(C)cc1C. The summed E-state index contributed by atoms with van der Waals surface area (Å²) < 4.78 is 0. The second-order valence-corrected chi connectivity index (χ2v) is 4.83. The van der Waals surface area contributed by atoms with Crippen LogP contribution in [0.15, 0.2) is 12.1 Å². The average Bonchev–Trinajstić information content (AvgIpc) is 2.16. The highest BCUT2D eigenvalue weighted by atomic mass is 16.3. The molecule has 0 amide bonds. The van der Waals surface area contributed by atoms with Gasteiger partial charge in [-0.05, 0) is 57.9 Å². The molecule has 2 heteroatoms. The molecule has 0 fully saturated rings. The predicted molar refractivity (Wildman–Crippen MR) is 68.8 cm³/mol. The number of benzene rings is 1. The molecule has 0 saturated carbocycles. The molecule has 1 atom stereocenters.